The van der Waals surface area contributed by atoms with Crippen LogP contribution in [0, 0.1) is 17.8 Å². The number of anilines is 1. The summed E-state index contributed by atoms with van der Waals surface area (Å²) in [5.74, 6) is 8.38. The fourth-order valence-corrected chi connectivity index (χ4v) is 3.45. The molecule has 1 saturated heterocycles. The summed E-state index contributed by atoms with van der Waals surface area (Å²) in [5, 5.41) is 11.6. The SMILES string of the molecule is O=C(CC1CCSCC1)Nc1cccc(C#CCO)c1. The number of amides is 1. The molecule has 1 aliphatic rings. The van der Waals surface area contributed by atoms with Crippen LogP contribution in [0.2, 0.25) is 0 Å². The summed E-state index contributed by atoms with van der Waals surface area (Å²) in [6.45, 7) is -0.156. The van der Waals surface area contributed by atoms with Gasteiger partial charge in [-0.15, -0.1) is 0 Å². The Morgan fingerprint density at radius 1 is 1.40 bits per heavy atom. The van der Waals surface area contributed by atoms with E-state index < -0.39 is 0 Å². The molecule has 0 radical (unpaired) electrons. The molecule has 0 saturated carbocycles. The van der Waals surface area contributed by atoms with Gasteiger partial charge in [-0.3, -0.25) is 4.79 Å². The second-order valence-electron chi connectivity index (χ2n) is 4.85. The van der Waals surface area contributed by atoms with Gasteiger partial charge in [0.1, 0.15) is 6.61 Å². The number of hydrogen-bond acceptors (Lipinski definition) is 3. The summed E-state index contributed by atoms with van der Waals surface area (Å²) in [4.78, 5) is 12.0. The lowest BCUT2D eigenvalue weighted by Crippen LogP contribution is -2.19. The van der Waals surface area contributed by atoms with Crippen molar-refractivity contribution < 1.29 is 9.90 Å². The van der Waals surface area contributed by atoms with Crippen LogP contribution in [0.5, 0.6) is 0 Å². The molecule has 0 unspecified atom stereocenters. The van der Waals surface area contributed by atoms with Crippen molar-refractivity contribution in [1.82, 2.24) is 0 Å². The maximum atomic E-state index is 12.0. The summed E-state index contributed by atoms with van der Waals surface area (Å²) >= 11 is 1.97. The molecule has 1 amide bonds. The number of nitrogens with one attached hydrogen (secondary N) is 1. The molecular formula is C16H19NO2S. The zero-order valence-electron chi connectivity index (χ0n) is 11.4. The zero-order valence-corrected chi connectivity index (χ0v) is 12.2. The Kier molecular flexibility index (Phi) is 5.97. The molecule has 20 heavy (non-hydrogen) atoms. The number of carbonyl (C=O) groups is 1. The highest BCUT2D eigenvalue weighted by molar-refractivity contribution is 7.99. The van der Waals surface area contributed by atoms with Crippen molar-refractivity contribution in [3.63, 3.8) is 0 Å². The van der Waals surface area contributed by atoms with Gasteiger partial charge in [0.15, 0.2) is 0 Å². The van der Waals surface area contributed by atoms with Gasteiger partial charge >= 0.3 is 0 Å². The number of hydrogen-bond donors (Lipinski definition) is 2. The Morgan fingerprint density at radius 3 is 2.95 bits per heavy atom. The normalized spacial score (nSPS) is 15.2. The maximum Gasteiger partial charge on any atom is 0.224 e. The Bertz CT molecular complexity index is 513. The van der Waals surface area contributed by atoms with Crippen LogP contribution in [0.4, 0.5) is 5.69 Å². The standard InChI is InChI=1S/C16H19NO2S/c18-8-2-4-13-3-1-5-15(11-13)17-16(19)12-14-6-9-20-10-7-14/h1,3,5,11,14,18H,6-10,12H2,(H,17,19). The lowest BCUT2D eigenvalue weighted by atomic mass is 9.98. The molecule has 1 aromatic carbocycles. The van der Waals surface area contributed by atoms with Crippen LogP contribution in [-0.2, 0) is 4.79 Å². The Morgan fingerprint density at radius 2 is 2.20 bits per heavy atom. The zero-order chi connectivity index (χ0) is 14.2. The van der Waals surface area contributed by atoms with Crippen molar-refractivity contribution in [2.24, 2.45) is 5.92 Å². The van der Waals surface area contributed by atoms with Crippen LogP contribution in [0.1, 0.15) is 24.8 Å². The van der Waals surface area contributed by atoms with E-state index in [1.54, 1.807) is 0 Å². The summed E-state index contributed by atoms with van der Waals surface area (Å²) in [7, 11) is 0. The third-order valence-electron chi connectivity index (χ3n) is 3.27. The molecule has 2 N–H and O–H groups in total. The molecule has 1 aliphatic heterocycles. The quantitative estimate of drug-likeness (QED) is 0.841. The third-order valence-corrected chi connectivity index (χ3v) is 4.32. The van der Waals surface area contributed by atoms with E-state index in [0.717, 1.165) is 24.1 Å². The fraction of sp³-hybridized carbons (Fsp3) is 0.438. The molecule has 0 aromatic heterocycles. The molecule has 0 atom stereocenters. The average Bonchev–Trinajstić information content (AvgIpc) is 2.46. The van der Waals surface area contributed by atoms with Crippen LogP contribution < -0.4 is 5.32 Å². The molecule has 1 heterocycles. The van der Waals surface area contributed by atoms with Gasteiger partial charge in [-0.2, -0.15) is 11.8 Å². The predicted octanol–water partition coefficient (Wildman–Crippen LogP) is 2.50. The first-order valence-corrected chi connectivity index (χ1v) is 8.01. The largest absolute Gasteiger partial charge is 0.384 e. The van der Waals surface area contributed by atoms with Crippen molar-refractivity contribution in [3.05, 3.63) is 29.8 Å². The van der Waals surface area contributed by atoms with Gasteiger partial charge in [0, 0.05) is 17.7 Å². The summed E-state index contributed by atoms with van der Waals surface area (Å²) in [6.07, 6.45) is 2.88. The van der Waals surface area contributed by atoms with E-state index in [2.05, 4.69) is 17.2 Å². The number of carbonyl (C=O) groups excluding carboxylic acids is 1. The van der Waals surface area contributed by atoms with Crippen LogP contribution >= 0.6 is 11.8 Å². The Hall–Kier alpha value is -1.44. The van der Waals surface area contributed by atoms with Gasteiger partial charge in [0.2, 0.25) is 5.91 Å². The first kappa shape index (κ1) is 15.0. The minimum Gasteiger partial charge on any atom is -0.384 e. The van der Waals surface area contributed by atoms with Crippen LogP contribution in [-0.4, -0.2) is 29.1 Å². The number of benzene rings is 1. The molecule has 2 rings (SSSR count). The third kappa shape index (κ3) is 4.92. The smallest absolute Gasteiger partial charge is 0.224 e. The lowest BCUT2D eigenvalue weighted by Gasteiger charge is -2.20. The minimum absolute atomic E-state index is 0.0779. The van der Waals surface area contributed by atoms with Crippen LogP contribution in [0.3, 0.4) is 0 Å². The van der Waals surface area contributed by atoms with E-state index in [1.807, 2.05) is 36.0 Å². The van der Waals surface area contributed by atoms with E-state index in [-0.39, 0.29) is 12.5 Å². The van der Waals surface area contributed by atoms with Crippen molar-refractivity contribution in [2.45, 2.75) is 19.3 Å². The monoisotopic (exact) mass is 289 g/mol. The predicted molar refractivity (Wildman–Crippen MR) is 83.7 cm³/mol. The number of aliphatic hydroxyl groups excluding tert-OH is 1. The van der Waals surface area contributed by atoms with Crippen molar-refractivity contribution in [3.8, 4) is 11.8 Å². The topological polar surface area (TPSA) is 49.3 Å². The van der Waals surface area contributed by atoms with E-state index in [4.69, 9.17) is 5.11 Å². The minimum atomic E-state index is -0.156. The number of thioether (sulfide) groups is 1. The molecule has 1 aromatic rings. The second-order valence-corrected chi connectivity index (χ2v) is 6.07. The van der Waals surface area contributed by atoms with Crippen molar-refractivity contribution >= 4 is 23.4 Å². The molecule has 0 aliphatic carbocycles. The number of aliphatic hydroxyl groups is 1. The van der Waals surface area contributed by atoms with Crippen LogP contribution in [0.25, 0.3) is 0 Å². The molecule has 0 bridgehead atoms. The number of rotatable bonds is 3. The van der Waals surface area contributed by atoms with Gasteiger partial charge in [0.05, 0.1) is 0 Å². The van der Waals surface area contributed by atoms with Gasteiger partial charge in [-0.25, -0.2) is 0 Å². The summed E-state index contributed by atoms with van der Waals surface area (Å²) in [6, 6.07) is 7.40. The van der Waals surface area contributed by atoms with Crippen molar-refractivity contribution in [1.29, 1.82) is 0 Å². The Labute approximate surface area is 124 Å². The summed E-state index contributed by atoms with van der Waals surface area (Å²) in [5.41, 5.74) is 1.57. The molecular weight excluding hydrogens is 270 g/mol. The Balaban J connectivity index is 1.90. The van der Waals surface area contributed by atoms with Gasteiger partial charge < -0.3 is 10.4 Å². The first-order valence-electron chi connectivity index (χ1n) is 6.85. The first-order chi connectivity index (χ1) is 9.78. The highest BCUT2D eigenvalue weighted by Crippen LogP contribution is 2.25. The fourth-order valence-electron chi connectivity index (χ4n) is 2.24. The molecule has 1 fully saturated rings. The van der Waals surface area contributed by atoms with E-state index >= 15 is 0 Å². The summed E-state index contributed by atoms with van der Waals surface area (Å²) < 4.78 is 0. The second kappa shape index (κ2) is 7.98. The van der Waals surface area contributed by atoms with Crippen molar-refractivity contribution in [2.75, 3.05) is 23.4 Å². The highest BCUT2D eigenvalue weighted by Gasteiger charge is 2.17. The van der Waals surface area contributed by atoms with E-state index in [0.29, 0.717) is 12.3 Å². The molecule has 4 heteroatoms. The van der Waals surface area contributed by atoms with E-state index in [9.17, 15) is 4.79 Å². The van der Waals surface area contributed by atoms with Gasteiger partial charge in [-0.1, -0.05) is 17.9 Å². The van der Waals surface area contributed by atoms with Gasteiger partial charge in [0.25, 0.3) is 0 Å². The molecule has 106 valence electrons. The van der Waals surface area contributed by atoms with Gasteiger partial charge in [-0.05, 0) is 48.5 Å². The molecule has 3 nitrogen and oxygen atoms in total. The van der Waals surface area contributed by atoms with E-state index in [1.165, 1.54) is 11.5 Å². The highest BCUT2D eigenvalue weighted by atomic mass is 32.2. The van der Waals surface area contributed by atoms with Crippen LogP contribution in [0.15, 0.2) is 24.3 Å². The maximum absolute atomic E-state index is 12.0. The average molecular weight is 289 g/mol. The lowest BCUT2D eigenvalue weighted by molar-refractivity contribution is -0.117. The molecule has 0 spiro atoms.